The largest absolute Gasteiger partial charge is 0.229 e. The van der Waals surface area contributed by atoms with Gasteiger partial charge in [0.25, 0.3) is 0 Å². The average Bonchev–Trinajstić information content (AvgIpc) is 2.56. The standard InChI is InChI=1S/C9H18ClNO4S2/c1-8-3-4-11(9(8)7-10)17(14,15)6-5-16(2,12)13/h8-9H,3-7H2,1-2H3. The number of sulfone groups is 1. The molecule has 1 aliphatic heterocycles. The highest BCUT2D eigenvalue weighted by Gasteiger charge is 2.38. The van der Waals surface area contributed by atoms with Crippen LogP contribution in [0.1, 0.15) is 13.3 Å². The van der Waals surface area contributed by atoms with Crippen molar-refractivity contribution in [2.45, 2.75) is 19.4 Å². The van der Waals surface area contributed by atoms with Crippen LogP contribution < -0.4 is 0 Å². The van der Waals surface area contributed by atoms with E-state index in [9.17, 15) is 16.8 Å². The van der Waals surface area contributed by atoms with Gasteiger partial charge in [0.05, 0.1) is 11.5 Å². The number of alkyl halides is 1. The van der Waals surface area contributed by atoms with Gasteiger partial charge in [-0.3, -0.25) is 0 Å². The predicted octanol–water partition coefficient (Wildman–Crippen LogP) is 0.310. The number of rotatable bonds is 5. The Bertz CT molecular complexity index is 459. The summed E-state index contributed by atoms with van der Waals surface area (Å²) >= 11 is 5.77. The lowest BCUT2D eigenvalue weighted by molar-refractivity contribution is 0.376. The molecule has 5 nitrogen and oxygen atoms in total. The molecule has 0 N–H and O–H groups in total. The van der Waals surface area contributed by atoms with Gasteiger partial charge in [-0.1, -0.05) is 6.92 Å². The number of hydrogen-bond donors (Lipinski definition) is 0. The molecule has 1 saturated heterocycles. The Morgan fingerprint density at radius 3 is 2.29 bits per heavy atom. The second kappa shape index (κ2) is 5.42. The molecule has 17 heavy (non-hydrogen) atoms. The van der Waals surface area contributed by atoms with Crippen LogP contribution in [-0.4, -0.2) is 57.4 Å². The number of hydrogen-bond acceptors (Lipinski definition) is 4. The summed E-state index contributed by atoms with van der Waals surface area (Å²) in [7, 11) is -6.78. The first-order valence-corrected chi connectivity index (χ1v) is 9.61. The highest BCUT2D eigenvalue weighted by molar-refractivity contribution is 7.93. The monoisotopic (exact) mass is 303 g/mol. The molecule has 0 aromatic heterocycles. The summed E-state index contributed by atoms with van der Waals surface area (Å²) in [6.45, 7) is 2.39. The molecule has 0 radical (unpaired) electrons. The molecule has 0 aromatic carbocycles. The molecule has 0 spiro atoms. The smallest absolute Gasteiger partial charge is 0.215 e. The maximum atomic E-state index is 12.0. The third-order valence-electron chi connectivity index (χ3n) is 3.06. The van der Waals surface area contributed by atoms with E-state index in [0.717, 1.165) is 12.7 Å². The lowest BCUT2D eigenvalue weighted by Crippen LogP contribution is -2.41. The molecule has 1 fully saturated rings. The van der Waals surface area contributed by atoms with Gasteiger partial charge < -0.3 is 0 Å². The minimum absolute atomic E-state index is 0.207. The van der Waals surface area contributed by atoms with Gasteiger partial charge in [-0.05, 0) is 12.3 Å². The van der Waals surface area contributed by atoms with E-state index < -0.39 is 19.9 Å². The molecule has 0 aliphatic carbocycles. The van der Waals surface area contributed by atoms with Crippen LogP contribution in [0.5, 0.6) is 0 Å². The van der Waals surface area contributed by atoms with Gasteiger partial charge in [0.2, 0.25) is 10.0 Å². The van der Waals surface area contributed by atoms with E-state index in [1.54, 1.807) is 0 Å². The summed E-state index contributed by atoms with van der Waals surface area (Å²) in [4.78, 5) is 0. The molecule has 0 saturated carbocycles. The van der Waals surface area contributed by atoms with E-state index in [4.69, 9.17) is 11.6 Å². The third-order valence-corrected chi connectivity index (χ3v) is 6.47. The van der Waals surface area contributed by atoms with Crippen molar-refractivity contribution in [3.8, 4) is 0 Å². The number of nitrogens with zero attached hydrogens (tertiary/aromatic N) is 1. The van der Waals surface area contributed by atoms with Gasteiger partial charge in [-0.25, -0.2) is 16.8 Å². The van der Waals surface area contributed by atoms with Crippen molar-refractivity contribution >= 4 is 31.5 Å². The first-order valence-electron chi connectivity index (χ1n) is 5.40. The molecule has 102 valence electrons. The molecule has 0 aromatic rings. The van der Waals surface area contributed by atoms with Gasteiger partial charge >= 0.3 is 0 Å². The van der Waals surface area contributed by atoms with E-state index in [2.05, 4.69) is 0 Å². The van der Waals surface area contributed by atoms with Crippen LogP contribution in [0.2, 0.25) is 0 Å². The minimum Gasteiger partial charge on any atom is -0.229 e. The summed E-state index contributed by atoms with van der Waals surface area (Å²) in [6, 6.07) is -0.207. The van der Waals surface area contributed by atoms with Crippen molar-refractivity contribution in [2.75, 3.05) is 30.2 Å². The topological polar surface area (TPSA) is 71.5 Å². The zero-order valence-electron chi connectivity index (χ0n) is 9.96. The van der Waals surface area contributed by atoms with E-state index in [1.165, 1.54) is 4.31 Å². The minimum atomic E-state index is -3.52. The predicted molar refractivity (Wildman–Crippen MR) is 68.5 cm³/mol. The molecule has 1 rings (SSSR count). The Morgan fingerprint density at radius 2 is 1.82 bits per heavy atom. The lowest BCUT2D eigenvalue weighted by Gasteiger charge is -2.24. The number of sulfonamides is 1. The second-order valence-corrected chi connectivity index (χ2v) is 9.15. The maximum absolute atomic E-state index is 12.0. The Morgan fingerprint density at radius 1 is 1.24 bits per heavy atom. The molecule has 8 heteroatoms. The van der Waals surface area contributed by atoms with Crippen LogP contribution >= 0.6 is 11.6 Å². The normalized spacial score (nSPS) is 27.5. The van der Waals surface area contributed by atoms with Crippen LogP contribution in [0.3, 0.4) is 0 Å². The van der Waals surface area contributed by atoms with Crippen LogP contribution in [0.15, 0.2) is 0 Å². The molecule has 1 heterocycles. The molecular formula is C9H18ClNO4S2. The Labute approximate surface area is 108 Å². The van der Waals surface area contributed by atoms with Gasteiger partial charge in [-0.2, -0.15) is 4.31 Å². The van der Waals surface area contributed by atoms with Crippen molar-refractivity contribution < 1.29 is 16.8 Å². The van der Waals surface area contributed by atoms with Crippen LogP contribution in [0, 0.1) is 5.92 Å². The van der Waals surface area contributed by atoms with Crippen LogP contribution in [-0.2, 0) is 19.9 Å². The summed E-state index contributed by atoms with van der Waals surface area (Å²) in [5.41, 5.74) is 0. The van der Waals surface area contributed by atoms with Crippen molar-refractivity contribution in [1.82, 2.24) is 4.31 Å². The van der Waals surface area contributed by atoms with Gasteiger partial charge in [0.1, 0.15) is 9.84 Å². The van der Waals surface area contributed by atoms with Gasteiger partial charge in [0, 0.05) is 24.7 Å². The molecule has 0 bridgehead atoms. The SMILES string of the molecule is CC1CCN(S(=O)(=O)CCS(C)(=O)=O)C1CCl. The summed E-state index contributed by atoms with van der Waals surface area (Å²) < 4.78 is 47.3. The van der Waals surface area contributed by atoms with E-state index in [1.807, 2.05) is 6.92 Å². The molecule has 1 aliphatic rings. The first-order chi connectivity index (χ1) is 7.67. The first kappa shape index (κ1) is 15.2. The van der Waals surface area contributed by atoms with E-state index in [0.29, 0.717) is 6.54 Å². The fraction of sp³-hybridized carbons (Fsp3) is 1.00. The average molecular weight is 304 g/mol. The zero-order valence-corrected chi connectivity index (χ0v) is 12.4. The summed E-state index contributed by atoms with van der Waals surface area (Å²) in [5.74, 6) is -0.221. The molecule has 2 atom stereocenters. The van der Waals surface area contributed by atoms with Crippen LogP contribution in [0.25, 0.3) is 0 Å². The highest BCUT2D eigenvalue weighted by atomic mass is 35.5. The Hall–Kier alpha value is 0.150. The second-order valence-electron chi connectivity index (χ2n) is 4.54. The van der Waals surface area contributed by atoms with Crippen molar-refractivity contribution in [1.29, 1.82) is 0 Å². The van der Waals surface area contributed by atoms with E-state index in [-0.39, 0.29) is 29.3 Å². The Balaban J connectivity index is 2.77. The van der Waals surface area contributed by atoms with Gasteiger partial charge in [0.15, 0.2) is 0 Å². The van der Waals surface area contributed by atoms with Crippen LogP contribution in [0.4, 0.5) is 0 Å². The lowest BCUT2D eigenvalue weighted by atomic mass is 10.1. The highest BCUT2D eigenvalue weighted by Crippen LogP contribution is 2.27. The fourth-order valence-electron chi connectivity index (χ4n) is 1.92. The van der Waals surface area contributed by atoms with Crippen molar-refractivity contribution in [3.63, 3.8) is 0 Å². The van der Waals surface area contributed by atoms with Crippen molar-refractivity contribution in [2.24, 2.45) is 5.92 Å². The quantitative estimate of drug-likeness (QED) is 0.685. The maximum Gasteiger partial charge on any atom is 0.215 e. The summed E-state index contributed by atoms with van der Waals surface area (Å²) in [5, 5.41) is 0. The molecule has 0 amide bonds. The third kappa shape index (κ3) is 4.08. The molecule has 2 unspecified atom stereocenters. The molecular weight excluding hydrogens is 286 g/mol. The van der Waals surface area contributed by atoms with E-state index >= 15 is 0 Å². The zero-order chi connectivity index (χ0) is 13.3. The number of halogens is 1. The Kier molecular flexibility index (Phi) is 4.85. The summed E-state index contributed by atoms with van der Waals surface area (Å²) in [6.07, 6.45) is 1.81. The van der Waals surface area contributed by atoms with Gasteiger partial charge in [-0.15, -0.1) is 11.6 Å². The fourth-order valence-corrected chi connectivity index (χ4v) is 5.84. The van der Waals surface area contributed by atoms with Crippen molar-refractivity contribution in [3.05, 3.63) is 0 Å².